The molecule has 1 aliphatic heterocycles. The average molecular weight is 252 g/mol. The van der Waals surface area contributed by atoms with Crippen LogP contribution in [0.25, 0.3) is 0 Å². The van der Waals surface area contributed by atoms with Gasteiger partial charge in [-0.25, -0.2) is 0 Å². The molecule has 1 saturated carbocycles. The maximum absolute atomic E-state index is 3.53. The van der Waals surface area contributed by atoms with Crippen LogP contribution in [0.1, 0.15) is 52.9 Å². The fourth-order valence-electron chi connectivity index (χ4n) is 3.79. The smallest absolute Gasteiger partial charge is 0.00981 e. The number of nitrogens with one attached hydrogen (secondary N) is 1. The van der Waals surface area contributed by atoms with Crippen LogP contribution in [0.3, 0.4) is 0 Å². The van der Waals surface area contributed by atoms with Crippen molar-refractivity contribution in [2.45, 2.75) is 58.9 Å². The van der Waals surface area contributed by atoms with Crippen LogP contribution in [-0.2, 0) is 0 Å². The lowest BCUT2D eigenvalue weighted by Gasteiger charge is -2.43. The van der Waals surface area contributed by atoms with Crippen LogP contribution >= 0.6 is 0 Å². The SMILES string of the molecule is CCNCC1CCCN(C2CCC(C)C(C)C2)C1. The van der Waals surface area contributed by atoms with Gasteiger partial charge < -0.3 is 10.2 Å². The van der Waals surface area contributed by atoms with Crippen molar-refractivity contribution >= 4 is 0 Å². The van der Waals surface area contributed by atoms with Crippen LogP contribution < -0.4 is 5.32 Å². The van der Waals surface area contributed by atoms with Crippen molar-refractivity contribution in [3.05, 3.63) is 0 Å². The van der Waals surface area contributed by atoms with Gasteiger partial charge in [0.2, 0.25) is 0 Å². The molecule has 0 spiro atoms. The maximum atomic E-state index is 3.53. The quantitative estimate of drug-likeness (QED) is 0.827. The number of likely N-dealkylation sites (tertiary alicyclic amines) is 1. The largest absolute Gasteiger partial charge is 0.317 e. The summed E-state index contributed by atoms with van der Waals surface area (Å²) in [5, 5.41) is 3.53. The van der Waals surface area contributed by atoms with Gasteiger partial charge in [0.15, 0.2) is 0 Å². The van der Waals surface area contributed by atoms with Gasteiger partial charge in [-0.3, -0.25) is 0 Å². The molecule has 1 heterocycles. The highest BCUT2D eigenvalue weighted by molar-refractivity contribution is 4.85. The second kappa shape index (κ2) is 6.91. The molecule has 0 aromatic carbocycles. The number of hydrogen-bond acceptors (Lipinski definition) is 2. The molecule has 2 heteroatoms. The number of rotatable bonds is 4. The molecular weight excluding hydrogens is 220 g/mol. The molecule has 0 bridgehead atoms. The van der Waals surface area contributed by atoms with E-state index in [1.807, 2.05) is 0 Å². The number of nitrogens with zero attached hydrogens (tertiary/aromatic N) is 1. The maximum Gasteiger partial charge on any atom is 0.00981 e. The van der Waals surface area contributed by atoms with Crippen molar-refractivity contribution in [2.75, 3.05) is 26.2 Å². The van der Waals surface area contributed by atoms with Crippen LogP contribution in [-0.4, -0.2) is 37.1 Å². The molecule has 0 aromatic heterocycles. The van der Waals surface area contributed by atoms with Crippen LogP contribution in [0.15, 0.2) is 0 Å². The first-order valence-electron chi connectivity index (χ1n) is 8.15. The van der Waals surface area contributed by atoms with Gasteiger partial charge in [0.25, 0.3) is 0 Å². The van der Waals surface area contributed by atoms with Crippen LogP contribution in [0, 0.1) is 17.8 Å². The third-order valence-corrected chi connectivity index (χ3v) is 5.32. The standard InChI is InChI=1S/C16H32N2/c1-4-17-11-15-6-5-9-18(12-15)16-8-7-13(2)14(3)10-16/h13-17H,4-12H2,1-3H3. The lowest BCUT2D eigenvalue weighted by Crippen LogP contribution is -2.47. The summed E-state index contributed by atoms with van der Waals surface area (Å²) in [5.41, 5.74) is 0. The van der Waals surface area contributed by atoms with Crippen LogP contribution in [0.2, 0.25) is 0 Å². The minimum atomic E-state index is 0.889. The van der Waals surface area contributed by atoms with Gasteiger partial charge in [0, 0.05) is 12.6 Å². The Labute approximate surface area is 114 Å². The predicted octanol–water partition coefficient (Wildman–Crippen LogP) is 3.13. The zero-order chi connectivity index (χ0) is 13.0. The summed E-state index contributed by atoms with van der Waals surface area (Å²) in [4.78, 5) is 2.81. The molecule has 2 rings (SSSR count). The van der Waals surface area contributed by atoms with E-state index in [4.69, 9.17) is 0 Å². The van der Waals surface area contributed by atoms with E-state index in [0.29, 0.717) is 0 Å². The molecule has 4 unspecified atom stereocenters. The minimum absolute atomic E-state index is 0.889. The summed E-state index contributed by atoms with van der Waals surface area (Å²) in [6, 6.07) is 0.889. The molecule has 1 N–H and O–H groups in total. The summed E-state index contributed by atoms with van der Waals surface area (Å²) in [5.74, 6) is 2.77. The van der Waals surface area contributed by atoms with Gasteiger partial charge in [-0.05, 0) is 69.5 Å². The van der Waals surface area contributed by atoms with Gasteiger partial charge in [0.05, 0.1) is 0 Å². The molecular formula is C16H32N2. The molecule has 1 aliphatic carbocycles. The van der Waals surface area contributed by atoms with Crippen LogP contribution in [0.4, 0.5) is 0 Å². The molecule has 18 heavy (non-hydrogen) atoms. The van der Waals surface area contributed by atoms with E-state index < -0.39 is 0 Å². The van der Waals surface area contributed by atoms with Crippen molar-refractivity contribution < 1.29 is 0 Å². The fourth-order valence-corrected chi connectivity index (χ4v) is 3.79. The Balaban J connectivity index is 1.81. The number of piperidine rings is 1. The molecule has 1 saturated heterocycles. The summed E-state index contributed by atoms with van der Waals surface area (Å²) in [7, 11) is 0. The third-order valence-electron chi connectivity index (χ3n) is 5.32. The Kier molecular flexibility index (Phi) is 5.50. The summed E-state index contributed by atoms with van der Waals surface area (Å²) in [6.45, 7) is 12.2. The molecule has 0 amide bonds. The molecule has 2 fully saturated rings. The van der Waals surface area contributed by atoms with Crippen molar-refractivity contribution in [1.29, 1.82) is 0 Å². The van der Waals surface area contributed by atoms with Crippen molar-refractivity contribution in [2.24, 2.45) is 17.8 Å². The van der Waals surface area contributed by atoms with Crippen molar-refractivity contribution in [3.8, 4) is 0 Å². The summed E-state index contributed by atoms with van der Waals surface area (Å²) >= 11 is 0. The summed E-state index contributed by atoms with van der Waals surface area (Å²) in [6.07, 6.45) is 7.17. The third kappa shape index (κ3) is 3.71. The van der Waals surface area contributed by atoms with E-state index in [1.54, 1.807) is 0 Å². The van der Waals surface area contributed by atoms with Gasteiger partial charge in [0.1, 0.15) is 0 Å². The molecule has 2 nitrogen and oxygen atoms in total. The Morgan fingerprint density at radius 3 is 2.67 bits per heavy atom. The second-order valence-electron chi connectivity index (χ2n) is 6.73. The predicted molar refractivity (Wildman–Crippen MR) is 78.8 cm³/mol. The zero-order valence-electron chi connectivity index (χ0n) is 12.6. The Morgan fingerprint density at radius 1 is 1.11 bits per heavy atom. The number of hydrogen-bond donors (Lipinski definition) is 1. The van der Waals surface area contributed by atoms with E-state index in [1.165, 1.54) is 51.7 Å². The minimum Gasteiger partial charge on any atom is -0.317 e. The highest BCUT2D eigenvalue weighted by Crippen LogP contribution is 2.33. The van der Waals surface area contributed by atoms with Gasteiger partial charge in [-0.15, -0.1) is 0 Å². The zero-order valence-corrected chi connectivity index (χ0v) is 12.6. The van der Waals surface area contributed by atoms with Crippen molar-refractivity contribution in [3.63, 3.8) is 0 Å². The topological polar surface area (TPSA) is 15.3 Å². The lowest BCUT2D eigenvalue weighted by atomic mass is 9.78. The van der Waals surface area contributed by atoms with E-state index in [-0.39, 0.29) is 0 Å². The normalized spacial score (nSPS) is 38.8. The molecule has 0 aromatic rings. The van der Waals surface area contributed by atoms with Gasteiger partial charge in [-0.1, -0.05) is 20.8 Å². The monoisotopic (exact) mass is 252 g/mol. The Hall–Kier alpha value is -0.0800. The average Bonchev–Trinajstić information content (AvgIpc) is 2.40. The first-order valence-corrected chi connectivity index (χ1v) is 8.15. The molecule has 106 valence electrons. The first kappa shape index (κ1) is 14.3. The highest BCUT2D eigenvalue weighted by Gasteiger charge is 2.31. The van der Waals surface area contributed by atoms with Gasteiger partial charge >= 0.3 is 0 Å². The summed E-state index contributed by atoms with van der Waals surface area (Å²) < 4.78 is 0. The first-order chi connectivity index (χ1) is 8.70. The van der Waals surface area contributed by atoms with Crippen molar-refractivity contribution in [1.82, 2.24) is 10.2 Å². The lowest BCUT2D eigenvalue weighted by molar-refractivity contribution is 0.0694. The van der Waals surface area contributed by atoms with E-state index in [9.17, 15) is 0 Å². The Morgan fingerprint density at radius 2 is 1.94 bits per heavy atom. The Bertz CT molecular complexity index is 241. The van der Waals surface area contributed by atoms with Gasteiger partial charge in [-0.2, -0.15) is 0 Å². The molecule has 0 radical (unpaired) electrons. The van der Waals surface area contributed by atoms with E-state index in [2.05, 4.69) is 31.0 Å². The highest BCUT2D eigenvalue weighted by atomic mass is 15.2. The van der Waals surface area contributed by atoms with Crippen LogP contribution in [0.5, 0.6) is 0 Å². The second-order valence-corrected chi connectivity index (χ2v) is 6.73. The molecule has 4 atom stereocenters. The molecule has 2 aliphatic rings. The van der Waals surface area contributed by atoms with E-state index in [0.717, 1.165) is 30.3 Å². The fraction of sp³-hybridized carbons (Fsp3) is 1.00. The van der Waals surface area contributed by atoms with E-state index >= 15 is 0 Å².